The lowest BCUT2D eigenvalue weighted by Gasteiger charge is -2.15. The molecule has 2 aromatic heterocycles. The lowest BCUT2D eigenvalue weighted by atomic mass is 9.92. The van der Waals surface area contributed by atoms with Crippen molar-refractivity contribution in [3.63, 3.8) is 0 Å². The molecule has 0 saturated carbocycles. The predicted molar refractivity (Wildman–Crippen MR) is 101 cm³/mol. The van der Waals surface area contributed by atoms with Gasteiger partial charge in [-0.15, -0.1) is 0 Å². The lowest BCUT2D eigenvalue weighted by molar-refractivity contribution is -0.482. The summed E-state index contributed by atoms with van der Waals surface area (Å²) >= 11 is 0. The molecule has 128 valence electrons. The highest BCUT2D eigenvalue weighted by atomic mass is 16.6. The van der Waals surface area contributed by atoms with Gasteiger partial charge in [0, 0.05) is 16.7 Å². The van der Waals surface area contributed by atoms with Crippen molar-refractivity contribution < 1.29 is 4.92 Å². The van der Waals surface area contributed by atoms with Crippen LogP contribution in [-0.2, 0) is 0 Å². The van der Waals surface area contributed by atoms with E-state index in [2.05, 4.69) is 0 Å². The Labute approximate surface area is 150 Å². The highest BCUT2D eigenvalue weighted by molar-refractivity contribution is 5.68. The summed E-state index contributed by atoms with van der Waals surface area (Å²) in [6.07, 6.45) is 1.92. The topological polar surface area (TPSA) is 60.4 Å². The number of benzene rings is 2. The van der Waals surface area contributed by atoms with E-state index >= 15 is 0 Å². The van der Waals surface area contributed by atoms with Gasteiger partial charge in [-0.3, -0.25) is 10.1 Å². The van der Waals surface area contributed by atoms with Crippen LogP contribution < -0.4 is 0 Å². The normalized spacial score (nSPS) is 12.2. The molecular weight excluding hydrogens is 326 g/mol. The molecule has 0 fully saturated rings. The summed E-state index contributed by atoms with van der Waals surface area (Å²) in [5, 5.41) is 11.4. The minimum Gasteiger partial charge on any atom is -0.303 e. The van der Waals surface area contributed by atoms with Crippen LogP contribution in [0.1, 0.15) is 17.2 Å². The Morgan fingerprint density at radius 2 is 1.58 bits per heavy atom. The molecule has 0 spiro atoms. The zero-order valence-electron chi connectivity index (χ0n) is 14.0. The maximum absolute atomic E-state index is 11.4. The lowest BCUT2D eigenvalue weighted by Crippen LogP contribution is -2.16. The molecule has 0 saturated heterocycles. The van der Waals surface area contributed by atoms with Crippen LogP contribution in [-0.4, -0.2) is 20.9 Å². The molecular formula is C21H17N3O2. The van der Waals surface area contributed by atoms with Gasteiger partial charge >= 0.3 is 0 Å². The third-order valence-electron chi connectivity index (χ3n) is 4.48. The third kappa shape index (κ3) is 2.95. The monoisotopic (exact) mass is 343 g/mol. The fourth-order valence-corrected chi connectivity index (χ4v) is 3.34. The SMILES string of the molecule is O=[N+]([O-])C[C@H](c1ccccc1)c1c(-c2ccccc2)nc2ccccn12. The number of hydrogen-bond donors (Lipinski definition) is 0. The minimum absolute atomic E-state index is 0.188. The molecule has 0 aliphatic rings. The Morgan fingerprint density at radius 1 is 0.923 bits per heavy atom. The van der Waals surface area contributed by atoms with E-state index in [1.165, 1.54) is 0 Å². The van der Waals surface area contributed by atoms with Gasteiger partial charge in [0.1, 0.15) is 5.65 Å². The quantitative estimate of drug-likeness (QED) is 0.398. The van der Waals surface area contributed by atoms with Gasteiger partial charge in [-0.05, 0) is 17.7 Å². The zero-order chi connectivity index (χ0) is 17.9. The number of rotatable bonds is 5. The molecule has 2 heterocycles. The summed E-state index contributed by atoms with van der Waals surface area (Å²) in [5.74, 6) is -0.390. The van der Waals surface area contributed by atoms with E-state index in [0.29, 0.717) is 0 Å². The molecule has 0 aliphatic heterocycles. The molecule has 0 bridgehead atoms. The number of aromatic nitrogens is 2. The van der Waals surface area contributed by atoms with E-state index in [1.54, 1.807) is 0 Å². The number of hydrogen-bond acceptors (Lipinski definition) is 3. The third-order valence-corrected chi connectivity index (χ3v) is 4.48. The van der Waals surface area contributed by atoms with Gasteiger partial charge in [-0.1, -0.05) is 66.7 Å². The molecule has 4 aromatic rings. The van der Waals surface area contributed by atoms with Crippen molar-refractivity contribution in [2.45, 2.75) is 5.92 Å². The standard InChI is InChI=1S/C21H17N3O2/c25-24(26)15-18(16-9-3-1-4-10-16)21-20(17-11-5-2-6-12-17)22-19-13-7-8-14-23(19)21/h1-14,18H,15H2/t18-/m1/s1. The largest absolute Gasteiger partial charge is 0.303 e. The van der Waals surface area contributed by atoms with E-state index in [9.17, 15) is 10.1 Å². The number of imidazole rings is 1. The summed E-state index contributed by atoms with van der Waals surface area (Å²) in [4.78, 5) is 16.0. The van der Waals surface area contributed by atoms with Gasteiger partial charge in [0.25, 0.3) is 0 Å². The molecule has 5 heteroatoms. The Kier molecular flexibility index (Phi) is 4.19. The number of nitrogens with zero attached hydrogens (tertiary/aromatic N) is 3. The first-order valence-corrected chi connectivity index (χ1v) is 8.43. The van der Waals surface area contributed by atoms with Crippen molar-refractivity contribution >= 4 is 5.65 Å². The highest BCUT2D eigenvalue weighted by Gasteiger charge is 2.28. The van der Waals surface area contributed by atoms with E-state index in [0.717, 1.165) is 28.2 Å². The Bertz CT molecular complexity index is 1040. The average Bonchev–Trinajstić information content (AvgIpc) is 3.07. The Morgan fingerprint density at radius 3 is 2.27 bits per heavy atom. The van der Waals surface area contributed by atoms with Crippen molar-refractivity contribution in [1.29, 1.82) is 0 Å². The smallest absolute Gasteiger partial charge is 0.216 e. The van der Waals surface area contributed by atoms with Crippen LogP contribution in [0.2, 0.25) is 0 Å². The molecule has 5 nitrogen and oxygen atoms in total. The van der Waals surface area contributed by atoms with E-state index < -0.39 is 0 Å². The van der Waals surface area contributed by atoms with Crippen LogP contribution in [0, 0.1) is 10.1 Å². The number of fused-ring (bicyclic) bond motifs is 1. The fourth-order valence-electron chi connectivity index (χ4n) is 3.34. The molecule has 2 aromatic carbocycles. The van der Waals surface area contributed by atoms with Gasteiger partial charge in [0.05, 0.1) is 17.3 Å². The molecule has 4 rings (SSSR count). The zero-order valence-corrected chi connectivity index (χ0v) is 14.0. The van der Waals surface area contributed by atoms with Gasteiger partial charge < -0.3 is 4.40 Å². The summed E-state index contributed by atoms with van der Waals surface area (Å²) in [5.41, 5.74) is 4.27. The van der Waals surface area contributed by atoms with Crippen molar-refractivity contribution in [3.05, 3.63) is 106 Å². The second kappa shape index (κ2) is 6.80. The summed E-state index contributed by atoms with van der Waals surface area (Å²) in [6, 6.07) is 25.2. The molecule has 0 aliphatic carbocycles. The van der Waals surface area contributed by atoms with Gasteiger partial charge in [-0.25, -0.2) is 4.98 Å². The molecule has 0 radical (unpaired) electrons. The van der Waals surface area contributed by atoms with Crippen LogP contribution in [0.4, 0.5) is 0 Å². The van der Waals surface area contributed by atoms with Crippen LogP contribution in [0.5, 0.6) is 0 Å². The maximum atomic E-state index is 11.4. The Balaban J connectivity index is 1.99. The van der Waals surface area contributed by atoms with E-state index in [1.807, 2.05) is 89.5 Å². The Hall–Kier alpha value is -3.47. The van der Waals surface area contributed by atoms with Crippen molar-refractivity contribution in [3.8, 4) is 11.3 Å². The number of pyridine rings is 1. The van der Waals surface area contributed by atoms with E-state index in [4.69, 9.17) is 4.98 Å². The molecule has 0 amide bonds. The van der Waals surface area contributed by atoms with Crippen LogP contribution in [0.3, 0.4) is 0 Å². The van der Waals surface area contributed by atoms with Crippen molar-refractivity contribution in [1.82, 2.24) is 9.38 Å². The van der Waals surface area contributed by atoms with Gasteiger partial charge in [0.2, 0.25) is 6.54 Å². The first kappa shape index (κ1) is 16.0. The summed E-state index contributed by atoms with van der Waals surface area (Å²) in [7, 11) is 0. The molecule has 26 heavy (non-hydrogen) atoms. The predicted octanol–water partition coefficient (Wildman–Crippen LogP) is 4.41. The minimum atomic E-state index is -0.390. The van der Waals surface area contributed by atoms with E-state index in [-0.39, 0.29) is 17.4 Å². The fraction of sp³-hybridized carbons (Fsp3) is 0.0952. The molecule has 0 unspecified atom stereocenters. The van der Waals surface area contributed by atoms with Crippen LogP contribution in [0.25, 0.3) is 16.9 Å². The maximum Gasteiger partial charge on any atom is 0.216 e. The first-order valence-electron chi connectivity index (χ1n) is 8.43. The summed E-state index contributed by atoms with van der Waals surface area (Å²) < 4.78 is 1.96. The average molecular weight is 343 g/mol. The highest BCUT2D eigenvalue weighted by Crippen LogP contribution is 2.34. The second-order valence-electron chi connectivity index (χ2n) is 6.12. The molecule has 0 N–H and O–H groups in total. The van der Waals surface area contributed by atoms with Crippen molar-refractivity contribution in [2.75, 3.05) is 6.54 Å². The van der Waals surface area contributed by atoms with Crippen LogP contribution in [0.15, 0.2) is 85.1 Å². The second-order valence-corrected chi connectivity index (χ2v) is 6.12. The van der Waals surface area contributed by atoms with Gasteiger partial charge in [0.15, 0.2) is 0 Å². The van der Waals surface area contributed by atoms with Crippen molar-refractivity contribution in [2.24, 2.45) is 0 Å². The van der Waals surface area contributed by atoms with Crippen LogP contribution >= 0.6 is 0 Å². The van der Waals surface area contributed by atoms with Gasteiger partial charge in [-0.2, -0.15) is 0 Å². The summed E-state index contributed by atoms with van der Waals surface area (Å²) in [6.45, 7) is -0.188. The molecule has 1 atom stereocenters. The number of nitro groups is 1. The first-order chi connectivity index (χ1) is 12.7.